The van der Waals surface area contributed by atoms with Crippen molar-refractivity contribution in [3.05, 3.63) is 174 Å². The van der Waals surface area contributed by atoms with Gasteiger partial charge in [0.1, 0.15) is 9.80 Å². The van der Waals surface area contributed by atoms with Gasteiger partial charge < -0.3 is 4.98 Å². The molecule has 0 aliphatic carbocycles. The first-order valence-corrected chi connectivity index (χ1v) is 21.2. The molecule has 4 aromatic rings. The van der Waals surface area contributed by atoms with Crippen LogP contribution in [0.15, 0.2) is 78.3 Å². The zero-order valence-corrected chi connectivity index (χ0v) is 32.8. The summed E-state index contributed by atoms with van der Waals surface area (Å²) in [4.78, 5) is 10.9. The lowest BCUT2D eigenvalue weighted by atomic mass is 9.96. The number of aliphatic imine (C=N–C) groups is 3. The molecule has 0 saturated carbocycles. The largest absolute Gasteiger partial charge is 0.352 e. The highest BCUT2D eigenvalue weighted by molar-refractivity contribution is 8.17. The Bertz CT molecular complexity index is 3410. The van der Waals surface area contributed by atoms with Crippen molar-refractivity contribution in [2.45, 2.75) is 4.90 Å². The van der Waals surface area contributed by atoms with Crippen molar-refractivity contribution in [3.63, 3.8) is 0 Å². The van der Waals surface area contributed by atoms with Gasteiger partial charge in [0.25, 0.3) is 18.1 Å². The van der Waals surface area contributed by atoms with Crippen LogP contribution in [0.4, 0.5) is 65.9 Å². The molecule has 1 aromatic heterocycles. The fraction of sp³-hybridized carbons (Fsp3) is 0. The zero-order chi connectivity index (χ0) is 47.0. The summed E-state index contributed by atoms with van der Waals surface area (Å²) in [5.74, 6) is -40.3. The minimum absolute atomic E-state index is 0.282. The average molecular weight is 991 g/mol. The first-order valence-electron chi connectivity index (χ1n) is 16.5. The molecule has 27 heteroatoms. The molecule has 5 heterocycles. The molecule has 8 bridgehead atoms. The van der Waals surface area contributed by atoms with Gasteiger partial charge >= 0.3 is 0 Å². The van der Waals surface area contributed by atoms with E-state index in [9.17, 15) is 56.3 Å². The monoisotopic (exact) mass is 990 g/mol. The quantitative estimate of drug-likeness (QED) is 0.0927. The summed E-state index contributed by atoms with van der Waals surface area (Å²) in [5.41, 5.74) is -19.5. The number of aromatic amines is 1. The van der Waals surface area contributed by atoms with Crippen LogP contribution in [-0.2, 0) is 18.1 Å². The van der Waals surface area contributed by atoms with E-state index in [1.165, 1.54) is 0 Å². The Hall–Kier alpha value is -6.18. The number of benzene rings is 3. The van der Waals surface area contributed by atoms with Gasteiger partial charge in [-0.15, -0.1) is 0 Å². The predicted octanol–water partition coefficient (Wildman–Crippen LogP) is 9.90. The van der Waals surface area contributed by atoms with Gasteiger partial charge in [0.2, 0.25) is 17.5 Å². The Morgan fingerprint density at radius 1 is 0.422 bits per heavy atom. The van der Waals surface area contributed by atoms with Crippen molar-refractivity contribution in [2.75, 3.05) is 0 Å². The molecule has 3 aromatic carbocycles. The highest BCUT2D eigenvalue weighted by Crippen LogP contribution is 2.45. The van der Waals surface area contributed by atoms with E-state index >= 15 is 26.3 Å². The molecule has 4 aliphatic heterocycles. The molecule has 1 N–H and O–H groups in total. The lowest BCUT2D eigenvalue weighted by Gasteiger charge is -2.15. The van der Waals surface area contributed by atoms with Gasteiger partial charge in [-0.1, -0.05) is 0 Å². The van der Waals surface area contributed by atoms with Gasteiger partial charge in [-0.3, -0.25) is 0 Å². The van der Waals surface area contributed by atoms with Gasteiger partial charge in [-0.25, -0.2) is 97.7 Å². The van der Waals surface area contributed by atoms with Crippen LogP contribution >= 0.6 is 21.4 Å². The predicted molar refractivity (Wildman–Crippen MR) is 195 cm³/mol. The number of rotatable bonds is 5. The third kappa shape index (κ3) is 6.57. The Balaban J connectivity index is 1.65. The van der Waals surface area contributed by atoms with Gasteiger partial charge in [0.05, 0.1) is 62.3 Å². The van der Waals surface area contributed by atoms with E-state index in [2.05, 4.69) is 20.0 Å². The first kappa shape index (κ1) is 44.4. The van der Waals surface area contributed by atoms with Crippen molar-refractivity contribution in [1.82, 2.24) is 4.98 Å². The van der Waals surface area contributed by atoms with Crippen LogP contribution in [0.2, 0.25) is 0 Å². The number of H-pyrrole nitrogens is 1. The summed E-state index contributed by atoms with van der Waals surface area (Å²) < 4.78 is 279. The highest BCUT2D eigenvalue weighted by atomic mass is 35.7. The fourth-order valence-corrected chi connectivity index (χ4v) is 8.76. The fourth-order valence-electron chi connectivity index (χ4n) is 6.76. The maximum atomic E-state index is 15.8. The molecule has 4 aliphatic rings. The summed E-state index contributed by atoms with van der Waals surface area (Å²) in [6.45, 7) is 0. The normalized spacial score (nSPS) is 16.2. The lowest BCUT2D eigenvalue weighted by molar-refractivity contribution is 0.376. The van der Waals surface area contributed by atoms with Crippen LogP contribution in [0.25, 0.3) is 16.7 Å². The second kappa shape index (κ2) is 15.0. The zero-order valence-electron chi connectivity index (χ0n) is 29.7. The van der Waals surface area contributed by atoms with E-state index in [1.54, 1.807) is 0 Å². The topological polar surface area (TPSA) is 121 Å². The van der Waals surface area contributed by atoms with Gasteiger partial charge in [-0.2, -0.15) is 0 Å². The Morgan fingerprint density at radius 3 is 1.19 bits per heavy atom. The van der Waals surface area contributed by atoms with E-state index in [0.717, 1.165) is 0 Å². The second-order valence-corrected chi connectivity index (χ2v) is 18.1. The van der Waals surface area contributed by atoms with Crippen molar-refractivity contribution < 1.29 is 82.7 Å². The first-order chi connectivity index (χ1) is 29.8. The molecule has 0 saturated heterocycles. The summed E-state index contributed by atoms with van der Waals surface area (Å²) in [5, 5.41) is 0. The Kier molecular flexibility index (Phi) is 10.4. The SMILES string of the molecule is O=S(=O)(Cl)C1=CC2=NC1=C(c1c(F)c(F)c(F)c(F)c1F)C1=NC(=C(c3c(F)c(F)c(F)c(F)c3F)C3=NC(=C(c4c(F)c(F)c(F)c(F)c4F)c4cc(S(=O)(=O)Cl)c2[nH]4)C=C3)C=C1. The number of allylic oxidation sites excluding steroid dienone is 7. The van der Waals surface area contributed by atoms with E-state index in [4.69, 9.17) is 21.4 Å². The number of hydrogen-bond donors (Lipinski definition) is 1. The van der Waals surface area contributed by atoms with Crippen LogP contribution < -0.4 is 0 Å². The van der Waals surface area contributed by atoms with E-state index < -0.39 is 194 Å². The molecule has 330 valence electrons. The van der Waals surface area contributed by atoms with Gasteiger partial charge in [0, 0.05) is 38.1 Å². The number of nitrogens with one attached hydrogen (secondary N) is 1. The maximum absolute atomic E-state index is 15.8. The standard InChI is InChI=1S/C37H7Cl2F15N4O4S2/c38-63(59,60)13-5-11-16(19-23(42)29(48)34(53)30(49)24(19)43)9-2-1-7(55-9)15(18-21(40)27(46)33(52)28(47)22(18)41)8-3-4-10(56-8)17(20-25(44)31(50)35(54)32(51)26(20)45)37-14(64(39,61)62)6-12(58-37)36(13)57-11/h1-6,57H. The second-order valence-electron chi connectivity index (χ2n) is 13.0. The molecular weight excluding hydrogens is 984 g/mol. The Labute approximate surface area is 353 Å². The molecule has 0 radical (unpaired) electrons. The summed E-state index contributed by atoms with van der Waals surface area (Å²) in [7, 11) is 0.480. The Morgan fingerprint density at radius 2 is 0.781 bits per heavy atom. The molecule has 0 spiro atoms. The molecule has 0 amide bonds. The van der Waals surface area contributed by atoms with Crippen LogP contribution in [0.3, 0.4) is 0 Å². The molecule has 8 nitrogen and oxygen atoms in total. The van der Waals surface area contributed by atoms with E-state index in [1.807, 2.05) is 0 Å². The maximum Gasteiger partial charge on any atom is 0.263 e. The number of aromatic nitrogens is 1. The molecule has 8 rings (SSSR count). The third-order valence-electron chi connectivity index (χ3n) is 9.49. The molecule has 0 unspecified atom stereocenters. The average Bonchev–Trinajstić information content (AvgIpc) is 4.07. The van der Waals surface area contributed by atoms with Crippen LogP contribution in [0.5, 0.6) is 0 Å². The van der Waals surface area contributed by atoms with Crippen molar-refractivity contribution in [3.8, 4) is 0 Å². The van der Waals surface area contributed by atoms with Crippen LogP contribution in [-0.4, -0.2) is 39.0 Å². The molecule has 0 fully saturated rings. The van der Waals surface area contributed by atoms with Crippen molar-refractivity contribution in [1.29, 1.82) is 0 Å². The van der Waals surface area contributed by atoms with Crippen LogP contribution in [0.1, 0.15) is 28.1 Å². The number of nitrogens with zero attached hydrogens (tertiary/aromatic N) is 3. The molecular formula is C37H7Cl2F15N4O4S2. The third-order valence-corrected chi connectivity index (χ3v) is 12.2. The molecule has 0 atom stereocenters. The molecule has 64 heavy (non-hydrogen) atoms. The smallest absolute Gasteiger partial charge is 0.263 e. The minimum atomic E-state index is -5.46. The summed E-state index contributed by atoms with van der Waals surface area (Å²) in [6.07, 6.45) is 2.44. The number of hydrogen-bond acceptors (Lipinski definition) is 7. The van der Waals surface area contributed by atoms with Crippen molar-refractivity contribution >= 4 is 73.3 Å². The summed E-state index contributed by atoms with van der Waals surface area (Å²) in [6, 6.07) is 0.307. The minimum Gasteiger partial charge on any atom is -0.352 e. The van der Waals surface area contributed by atoms with E-state index in [0.29, 0.717) is 30.4 Å². The van der Waals surface area contributed by atoms with Crippen LogP contribution in [0, 0.1) is 87.3 Å². The van der Waals surface area contributed by atoms with E-state index in [-0.39, 0.29) is 6.08 Å². The van der Waals surface area contributed by atoms with Gasteiger partial charge in [0.15, 0.2) is 69.8 Å². The summed E-state index contributed by atoms with van der Waals surface area (Å²) >= 11 is 0. The highest BCUT2D eigenvalue weighted by Gasteiger charge is 2.40. The number of fused-ring (bicyclic) bond motifs is 6. The number of halogens is 17. The van der Waals surface area contributed by atoms with Gasteiger partial charge in [-0.05, 0) is 36.4 Å². The van der Waals surface area contributed by atoms with Crippen molar-refractivity contribution in [2.24, 2.45) is 15.0 Å². The lowest BCUT2D eigenvalue weighted by Crippen LogP contribution is -2.13.